The van der Waals surface area contributed by atoms with Gasteiger partial charge in [-0.1, -0.05) is 66.2 Å². The van der Waals surface area contributed by atoms with Crippen LogP contribution in [0.5, 0.6) is 5.75 Å². The predicted molar refractivity (Wildman–Crippen MR) is 126 cm³/mol. The van der Waals surface area contributed by atoms with Crippen molar-refractivity contribution in [1.82, 2.24) is 10.1 Å². The van der Waals surface area contributed by atoms with Crippen LogP contribution in [0.15, 0.2) is 70.9 Å². The van der Waals surface area contributed by atoms with Crippen molar-refractivity contribution < 1.29 is 14.1 Å². The van der Waals surface area contributed by atoms with Crippen LogP contribution in [0.2, 0.25) is 0 Å². The average molecular weight is 432 g/mol. The van der Waals surface area contributed by atoms with Crippen LogP contribution in [0.3, 0.4) is 0 Å². The number of hydrogen-bond donors (Lipinski definition) is 1. The molecular formula is C26H29N3O3. The van der Waals surface area contributed by atoms with Gasteiger partial charge < -0.3 is 19.5 Å². The van der Waals surface area contributed by atoms with Gasteiger partial charge in [0.25, 0.3) is 0 Å². The predicted octanol–water partition coefficient (Wildman–Crippen LogP) is 5.56. The number of anilines is 1. The molecule has 1 fully saturated rings. The highest BCUT2D eigenvalue weighted by Gasteiger charge is 2.25. The summed E-state index contributed by atoms with van der Waals surface area (Å²) >= 11 is 0. The summed E-state index contributed by atoms with van der Waals surface area (Å²) in [6.45, 7) is 5.95. The Bertz CT molecular complexity index is 1070. The number of urea groups is 1. The van der Waals surface area contributed by atoms with E-state index >= 15 is 0 Å². The van der Waals surface area contributed by atoms with Gasteiger partial charge in [-0.15, -0.1) is 0 Å². The SMILES string of the molecule is Cc1oncc1NC(=O)N1CC/C(=C\c2cccc(OCCc3ccccc3)c2)C(C)C1. The fourth-order valence-corrected chi connectivity index (χ4v) is 3.90. The van der Waals surface area contributed by atoms with Gasteiger partial charge in [0.1, 0.15) is 11.4 Å². The minimum Gasteiger partial charge on any atom is -0.493 e. The normalized spacial score (nSPS) is 17.4. The standard InChI is InChI=1S/C26H29N3O3/c1-19-18-29(26(30)28-25-17-27-32-20(25)2)13-11-23(19)15-22-9-6-10-24(16-22)31-14-12-21-7-4-3-5-8-21/h3-10,15-17,19H,11-14,18H2,1-2H3,(H,28,30)/b23-15+. The van der Waals surface area contributed by atoms with Crippen LogP contribution in [0.25, 0.3) is 6.08 Å². The van der Waals surface area contributed by atoms with Crippen molar-refractivity contribution in [3.63, 3.8) is 0 Å². The Hall–Kier alpha value is -3.54. The van der Waals surface area contributed by atoms with Crippen LogP contribution in [0.1, 0.15) is 30.2 Å². The molecule has 0 radical (unpaired) electrons. The smallest absolute Gasteiger partial charge is 0.322 e. The number of ether oxygens (including phenoxy) is 1. The van der Waals surface area contributed by atoms with E-state index in [1.165, 1.54) is 17.3 Å². The van der Waals surface area contributed by atoms with Crippen molar-refractivity contribution in [1.29, 1.82) is 0 Å². The van der Waals surface area contributed by atoms with Gasteiger partial charge in [0.15, 0.2) is 5.76 Å². The zero-order valence-corrected chi connectivity index (χ0v) is 18.6. The molecule has 2 aromatic carbocycles. The number of nitrogens with one attached hydrogen (secondary N) is 1. The molecule has 3 aromatic rings. The lowest BCUT2D eigenvalue weighted by molar-refractivity contribution is 0.197. The van der Waals surface area contributed by atoms with Crippen LogP contribution in [0.4, 0.5) is 10.5 Å². The molecule has 0 aliphatic carbocycles. The maximum absolute atomic E-state index is 12.6. The second-order valence-electron chi connectivity index (χ2n) is 8.20. The van der Waals surface area contributed by atoms with Crippen LogP contribution in [0, 0.1) is 12.8 Å². The van der Waals surface area contributed by atoms with Crippen molar-refractivity contribution >= 4 is 17.8 Å². The number of piperidine rings is 1. The molecule has 1 N–H and O–H groups in total. The van der Waals surface area contributed by atoms with Crippen molar-refractivity contribution in [3.8, 4) is 5.75 Å². The number of rotatable bonds is 6. The second kappa shape index (κ2) is 10.2. The van der Waals surface area contributed by atoms with Crippen molar-refractivity contribution in [2.75, 3.05) is 25.0 Å². The number of amides is 2. The largest absolute Gasteiger partial charge is 0.493 e. The highest BCUT2D eigenvalue weighted by molar-refractivity contribution is 5.89. The number of aryl methyl sites for hydroxylation is 1. The molecule has 6 heteroatoms. The fraction of sp³-hybridized carbons (Fsp3) is 0.308. The van der Waals surface area contributed by atoms with E-state index in [1.54, 1.807) is 6.92 Å². The molecule has 32 heavy (non-hydrogen) atoms. The first-order valence-electron chi connectivity index (χ1n) is 11.0. The van der Waals surface area contributed by atoms with Crippen LogP contribution >= 0.6 is 0 Å². The van der Waals surface area contributed by atoms with Gasteiger partial charge in [-0.05, 0) is 42.5 Å². The summed E-state index contributed by atoms with van der Waals surface area (Å²) in [5.74, 6) is 1.76. The van der Waals surface area contributed by atoms with Crippen molar-refractivity contribution in [2.45, 2.75) is 26.7 Å². The fourth-order valence-electron chi connectivity index (χ4n) is 3.90. The van der Waals surface area contributed by atoms with E-state index in [-0.39, 0.29) is 11.9 Å². The number of benzene rings is 2. The van der Waals surface area contributed by atoms with Crippen LogP contribution in [-0.2, 0) is 6.42 Å². The molecule has 2 heterocycles. The van der Waals surface area contributed by atoms with Crippen molar-refractivity contribution in [3.05, 3.63) is 83.3 Å². The Morgan fingerprint density at radius 2 is 2.09 bits per heavy atom. The first-order valence-corrected chi connectivity index (χ1v) is 11.0. The zero-order chi connectivity index (χ0) is 22.3. The third kappa shape index (κ3) is 5.58. The average Bonchev–Trinajstić information content (AvgIpc) is 3.20. The molecule has 1 aromatic heterocycles. The Balaban J connectivity index is 1.32. The first-order chi connectivity index (χ1) is 15.6. The maximum Gasteiger partial charge on any atom is 0.322 e. The highest BCUT2D eigenvalue weighted by atomic mass is 16.5. The van der Waals surface area contributed by atoms with E-state index in [9.17, 15) is 4.79 Å². The van der Waals surface area contributed by atoms with Gasteiger partial charge in [0.2, 0.25) is 0 Å². The molecule has 1 unspecified atom stereocenters. The monoisotopic (exact) mass is 431 g/mol. The van der Waals surface area contributed by atoms with E-state index in [1.807, 2.05) is 35.2 Å². The molecule has 0 saturated carbocycles. The molecule has 1 aliphatic rings. The number of carbonyl (C=O) groups is 1. The lowest BCUT2D eigenvalue weighted by Crippen LogP contribution is -2.42. The number of aromatic nitrogens is 1. The number of likely N-dealkylation sites (tertiary alicyclic amines) is 1. The molecular weight excluding hydrogens is 402 g/mol. The zero-order valence-electron chi connectivity index (χ0n) is 18.6. The summed E-state index contributed by atoms with van der Waals surface area (Å²) in [5.41, 5.74) is 4.36. The summed E-state index contributed by atoms with van der Waals surface area (Å²) in [6, 6.07) is 18.4. The van der Waals surface area contributed by atoms with Gasteiger partial charge in [0, 0.05) is 19.5 Å². The number of nitrogens with zero attached hydrogens (tertiary/aromatic N) is 2. The molecule has 1 saturated heterocycles. The minimum atomic E-state index is -0.115. The van der Waals surface area contributed by atoms with E-state index in [4.69, 9.17) is 9.26 Å². The summed E-state index contributed by atoms with van der Waals surface area (Å²) in [4.78, 5) is 14.4. The first kappa shape index (κ1) is 21.7. The van der Waals surface area contributed by atoms with Gasteiger partial charge in [-0.25, -0.2) is 4.79 Å². The van der Waals surface area contributed by atoms with E-state index < -0.39 is 0 Å². The molecule has 1 atom stereocenters. The van der Waals surface area contributed by atoms with Gasteiger partial charge in [-0.2, -0.15) is 0 Å². The minimum absolute atomic E-state index is 0.115. The summed E-state index contributed by atoms with van der Waals surface area (Å²) in [7, 11) is 0. The third-order valence-electron chi connectivity index (χ3n) is 5.79. The van der Waals surface area contributed by atoms with E-state index in [2.05, 4.69) is 47.7 Å². The molecule has 1 aliphatic heterocycles. The summed E-state index contributed by atoms with van der Waals surface area (Å²) < 4.78 is 11.0. The van der Waals surface area contributed by atoms with E-state index in [0.29, 0.717) is 31.1 Å². The third-order valence-corrected chi connectivity index (χ3v) is 5.79. The lowest BCUT2D eigenvalue weighted by atomic mass is 9.91. The van der Waals surface area contributed by atoms with Gasteiger partial charge >= 0.3 is 6.03 Å². The van der Waals surface area contributed by atoms with Crippen molar-refractivity contribution in [2.24, 2.45) is 5.92 Å². The van der Waals surface area contributed by atoms with Crippen LogP contribution < -0.4 is 10.1 Å². The topological polar surface area (TPSA) is 67.6 Å². The molecule has 4 rings (SSSR count). The molecule has 0 bridgehead atoms. The summed E-state index contributed by atoms with van der Waals surface area (Å²) in [6.07, 6.45) is 5.49. The lowest BCUT2D eigenvalue weighted by Gasteiger charge is -2.33. The van der Waals surface area contributed by atoms with E-state index in [0.717, 1.165) is 24.2 Å². The number of hydrogen-bond acceptors (Lipinski definition) is 4. The quantitative estimate of drug-likeness (QED) is 0.555. The Labute approximate surface area is 188 Å². The Kier molecular flexibility index (Phi) is 6.90. The van der Waals surface area contributed by atoms with Crippen LogP contribution in [-0.4, -0.2) is 35.8 Å². The second-order valence-corrected chi connectivity index (χ2v) is 8.20. The maximum atomic E-state index is 12.6. The highest BCUT2D eigenvalue weighted by Crippen LogP contribution is 2.27. The molecule has 0 spiro atoms. The Morgan fingerprint density at radius 1 is 1.25 bits per heavy atom. The molecule has 166 valence electrons. The Morgan fingerprint density at radius 3 is 2.84 bits per heavy atom. The summed E-state index contributed by atoms with van der Waals surface area (Å²) in [5, 5.41) is 6.59. The van der Waals surface area contributed by atoms with Gasteiger partial charge in [0.05, 0.1) is 12.8 Å². The molecule has 2 amide bonds. The van der Waals surface area contributed by atoms with Gasteiger partial charge in [-0.3, -0.25) is 0 Å². The molecule has 6 nitrogen and oxygen atoms in total. The number of carbonyl (C=O) groups excluding carboxylic acids is 1.